The predicted molar refractivity (Wildman–Crippen MR) is 118 cm³/mol. The van der Waals surface area contributed by atoms with Crippen molar-refractivity contribution in [3.05, 3.63) is 67.7 Å². The van der Waals surface area contributed by atoms with Crippen molar-refractivity contribution < 1.29 is 9.59 Å². The fraction of sp³-hybridized carbons (Fsp3) is 0.238. The molecule has 9 heteroatoms. The molecule has 0 saturated heterocycles. The van der Waals surface area contributed by atoms with Gasteiger partial charge < -0.3 is 10.6 Å². The van der Waals surface area contributed by atoms with Gasteiger partial charge in [0, 0.05) is 10.7 Å². The number of nitrogens with one attached hydrogen (secondary N) is 2. The number of halogens is 2. The van der Waals surface area contributed by atoms with E-state index in [0.717, 1.165) is 26.9 Å². The molecule has 30 heavy (non-hydrogen) atoms. The van der Waals surface area contributed by atoms with Crippen LogP contribution < -0.4 is 16.2 Å². The number of hydrogen-bond acceptors (Lipinski definition) is 4. The maximum atomic E-state index is 12.6. The normalized spacial score (nSPS) is 10.8. The van der Waals surface area contributed by atoms with E-state index in [1.807, 2.05) is 32.9 Å². The second kappa shape index (κ2) is 8.85. The molecule has 0 aliphatic rings. The number of carbonyl (C=O) groups is 2. The predicted octanol–water partition coefficient (Wildman–Crippen LogP) is 3.38. The summed E-state index contributed by atoms with van der Waals surface area (Å²) in [5.41, 5.74) is 3.58. The van der Waals surface area contributed by atoms with Crippen LogP contribution in [0.2, 0.25) is 10.0 Å². The Labute approximate surface area is 183 Å². The Hall–Kier alpha value is -2.90. The van der Waals surface area contributed by atoms with Gasteiger partial charge in [0.15, 0.2) is 0 Å². The van der Waals surface area contributed by atoms with Crippen molar-refractivity contribution in [2.75, 3.05) is 11.9 Å². The maximum Gasteiger partial charge on any atom is 0.261 e. The summed E-state index contributed by atoms with van der Waals surface area (Å²) in [6, 6.07) is 6.88. The average Bonchev–Trinajstić information content (AvgIpc) is 2.65. The molecule has 1 aromatic heterocycles. The lowest BCUT2D eigenvalue weighted by Crippen LogP contribution is -2.37. The van der Waals surface area contributed by atoms with Crippen LogP contribution in [0, 0.1) is 20.8 Å². The highest BCUT2D eigenvalue weighted by Gasteiger charge is 2.13. The quantitative estimate of drug-likeness (QED) is 0.627. The minimum atomic E-state index is -0.501. The second-order valence-corrected chi connectivity index (χ2v) is 7.90. The number of aromatic nitrogens is 2. The monoisotopic (exact) mass is 446 g/mol. The lowest BCUT2D eigenvalue weighted by atomic mass is 10.1. The Morgan fingerprint density at radius 3 is 2.37 bits per heavy atom. The van der Waals surface area contributed by atoms with Crippen molar-refractivity contribution >= 4 is 51.6 Å². The van der Waals surface area contributed by atoms with E-state index in [1.165, 1.54) is 18.5 Å². The third-order valence-corrected chi connectivity index (χ3v) is 5.05. The van der Waals surface area contributed by atoms with Crippen LogP contribution in [0.25, 0.3) is 10.9 Å². The Morgan fingerprint density at radius 1 is 1.03 bits per heavy atom. The number of amides is 2. The van der Waals surface area contributed by atoms with Crippen molar-refractivity contribution in [2.24, 2.45) is 0 Å². The summed E-state index contributed by atoms with van der Waals surface area (Å²) in [7, 11) is 0. The number of carbonyl (C=O) groups excluding carboxylic acids is 2. The van der Waals surface area contributed by atoms with Gasteiger partial charge in [-0.15, -0.1) is 0 Å². The van der Waals surface area contributed by atoms with Crippen molar-refractivity contribution in [2.45, 2.75) is 27.3 Å². The number of rotatable bonds is 5. The molecule has 7 nitrogen and oxygen atoms in total. The van der Waals surface area contributed by atoms with Crippen LogP contribution >= 0.6 is 23.2 Å². The van der Waals surface area contributed by atoms with Gasteiger partial charge >= 0.3 is 0 Å². The summed E-state index contributed by atoms with van der Waals surface area (Å²) in [6.07, 6.45) is 1.24. The molecular weight excluding hydrogens is 427 g/mol. The minimum Gasteiger partial charge on any atom is -0.345 e. The van der Waals surface area contributed by atoms with Crippen molar-refractivity contribution in [1.82, 2.24) is 14.9 Å². The van der Waals surface area contributed by atoms with Crippen LogP contribution in [0.15, 0.2) is 35.4 Å². The summed E-state index contributed by atoms with van der Waals surface area (Å²) >= 11 is 12.0. The van der Waals surface area contributed by atoms with Gasteiger partial charge in [-0.2, -0.15) is 0 Å². The molecular formula is C21H20Cl2N4O3. The lowest BCUT2D eigenvalue weighted by Gasteiger charge is -2.13. The van der Waals surface area contributed by atoms with E-state index in [-0.39, 0.29) is 29.4 Å². The smallest absolute Gasteiger partial charge is 0.261 e. The number of aryl methyl sites for hydroxylation is 3. The first-order chi connectivity index (χ1) is 14.2. The van der Waals surface area contributed by atoms with Crippen LogP contribution in [0.1, 0.15) is 16.7 Å². The van der Waals surface area contributed by atoms with E-state index in [1.54, 1.807) is 0 Å². The zero-order chi connectivity index (χ0) is 22.0. The number of nitrogens with zero attached hydrogens (tertiary/aromatic N) is 2. The molecule has 0 fully saturated rings. The molecule has 1 heterocycles. The first-order valence-corrected chi connectivity index (χ1v) is 9.90. The molecule has 2 N–H and O–H groups in total. The van der Waals surface area contributed by atoms with E-state index in [4.69, 9.17) is 23.2 Å². The molecule has 0 atom stereocenters. The molecule has 2 aromatic carbocycles. The Morgan fingerprint density at radius 2 is 1.70 bits per heavy atom. The van der Waals surface area contributed by atoms with Crippen LogP contribution in [0.3, 0.4) is 0 Å². The van der Waals surface area contributed by atoms with Gasteiger partial charge in [-0.05, 0) is 44.0 Å². The summed E-state index contributed by atoms with van der Waals surface area (Å²) in [4.78, 5) is 41.2. The maximum absolute atomic E-state index is 12.6. The van der Waals surface area contributed by atoms with Gasteiger partial charge in [-0.3, -0.25) is 19.0 Å². The lowest BCUT2D eigenvalue weighted by molar-refractivity contribution is -0.124. The fourth-order valence-corrected chi connectivity index (χ4v) is 3.80. The van der Waals surface area contributed by atoms with Gasteiger partial charge in [0.25, 0.3) is 5.56 Å². The first-order valence-electron chi connectivity index (χ1n) is 9.14. The van der Waals surface area contributed by atoms with Gasteiger partial charge in [-0.1, -0.05) is 40.9 Å². The van der Waals surface area contributed by atoms with Gasteiger partial charge in [0.1, 0.15) is 6.54 Å². The summed E-state index contributed by atoms with van der Waals surface area (Å²) < 4.78 is 1.14. The van der Waals surface area contributed by atoms with Crippen molar-refractivity contribution in [3.8, 4) is 0 Å². The molecule has 3 rings (SSSR count). The molecule has 0 aliphatic heterocycles. The van der Waals surface area contributed by atoms with Crippen molar-refractivity contribution in [1.29, 1.82) is 0 Å². The van der Waals surface area contributed by atoms with Gasteiger partial charge in [0.2, 0.25) is 11.8 Å². The highest BCUT2D eigenvalue weighted by atomic mass is 35.5. The van der Waals surface area contributed by atoms with E-state index in [0.29, 0.717) is 10.5 Å². The molecule has 2 amide bonds. The standard InChI is InChI=1S/C21H20Cl2N4O3/c1-11-4-12(2)19(13(3)5-11)26-17(28)8-24-18(29)9-27-10-25-20-15(21(27)30)6-14(22)7-16(20)23/h4-7,10H,8-9H2,1-3H3,(H,24,29)(H,26,28). The van der Waals surface area contributed by atoms with Crippen LogP contribution in [-0.4, -0.2) is 27.9 Å². The molecule has 156 valence electrons. The third-order valence-electron chi connectivity index (χ3n) is 4.55. The summed E-state index contributed by atoms with van der Waals surface area (Å²) in [5, 5.41) is 6.08. The molecule has 0 radical (unpaired) electrons. The van der Waals surface area contributed by atoms with E-state index < -0.39 is 11.5 Å². The number of anilines is 1. The fourth-order valence-electron chi connectivity index (χ4n) is 3.26. The van der Waals surface area contributed by atoms with E-state index in [9.17, 15) is 14.4 Å². The zero-order valence-corrected chi connectivity index (χ0v) is 18.2. The molecule has 0 bridgehead atoms. The summed E-state index contributed by atoms with van der Waals surface area (Å²) in [5.74, 6) is -0.861. The van der Waals surface area contributed by atoms with Crippen LogP contribution in [0.4, 0.5) is 5.69 Å². The highest BCUT2D eigenvalue weighted by Crippen LogP contribution is 2.24. The molecule has 3 aromatic rings. The largest absolute Gasteiger partial charge is 0.345 e. The van der Waals surface area contributed by atoms with E-state index in [2.05, 4.69) is 15.6 Å². The second-order valence-electron chi connectivity index (χ2n) is 7.06. The number of fused-ring (bicyclic) bond motifs is 1. The molecule has 0 spiro atoms. The third kappa shape index (κ3) is 4.80. The van der Waals surface area contributed by atoms with Crippen LogP contribution in [-0.2, 0) is 16.1 Å². The first kappa shape index (κ1) is 21.8. The SMILES string of the molecule is Cc1cc(C)c(NC(=O)CNC(=O)Cn2cnc3c(Cl)cc(Cl)cc3c2=O)c(C)c1. The summed E-state index contributed by atoms with van der Waals surface area (Å²) in [6.45, 7) is 5.29. The Bertz CT molecular complexity index is 1200. The van der Waals surface area contributed by atoms with Crippen LogP contribution in [0.5, 0.6) is 0 Å². The molecule has 0 unspecified atom stereocenters. The topological polar surface area (TPSA) is 93.1 Å². The highest BCUT2D eigenvalue weighted by molar-refractivity contribution is 6.38. The molecule has 0 saturated carbocycles. The van der Waals surface area contributed by atoms with Gasteiger partial charge in [-0.25, -0.2) is 4.98 Å². The number of benzene rings is 2. The van der Waals surface area contributed by atoms with E-state index >= 15 is 0 Å². The average molecular weight is 447 g/mol. The Kier molecular flexibility index (Phi) is 6.43. The Balaban J connectivity index is 1.66. The van der Waals surface area contributed by atoms with Crippen molar-refractivity contribution in [3.63, 3.8) is 0 Å². The number of hydrogen-bond donors (Lipinski definition) is 2. The zero-order valence-electron chi connectivity index (χ0n) is 16.7. The van der Waals surface area contributed by atoms with Gasteiger partial charge in [0.05, 0.1) is 28.8 Å². The minimum absolute atomic E-state index is 0.214. The molecule has 0 aliphatic carbocycles.